The molecule has 2 rings (SSSR count). The van der Waals surface area contributed by atoms with Crippen molar-refractivity contribution >= 4 is 11.9 Å². The van der Waals surface area contributed by atoms with Crippen molar-refractivity contribution in [1.29, 1.82) is 0 Å². The van der Waals surface area contributed by atoms with Crippen molar-refractivity contribution in [3.05, 3.63) is 76.9 Å². The van der Waals surface area contributed by atoms with Gasteiger partial charge in [-0.3, -0.25) is 4.79 Å². The molecular weight excluding hydrogens is 232 g/mol. The first-order valence-electron chi connectivity index (χ1n) is 6.57. The van der Waals surface area contributed by atoms with E-state index < -0.39 is 0 Å². The third kappa shape index (κ3) is 3.41. The van der Waals surface area contributed by atoms with Crippen molar-refractivity contribution in [2.45, 2.75) is 20.3 Å². The number of benzene rings is 2. The molecule has 0 aromatic heterocycles. The van der Waals surface area contributed by atoms with Gasteiger partial charge in [0.2, 0.25) is 0 Å². The van der Waals surface area contributed by atoms with E-state index in [0.717, 1.165) is 17.5 Å². The zero-order valence-electron chi connectivity index (χ0n) is 11.4. The Balaban J connectivity index is 2.17. The van der Waals surface area contributed by atoms with Crippen LogP contribution in [0.5, 0.6) is 0 Å². The molecule has 0 saturated carbocycles. The van der Waals surface area contributed by atoms with E-state index in [2.05, 4.69) is 26.0 Å². The van der Waals surface area contributed by atoms with Crippen LogP contribution in [0, 0.1) is 6.92 Å². The molecular formula is C18H18O. The van der Waals surface area contributed by atoms with Gasteiger partial charge >= 0.3 is 0 Å². The molecule has 0 aliphatic heterocycles. The molecule has 0 N–H and O–H groups in total. The summed E-state index contributed by atoms with van der Waals surface area (Å²) in [7, 11) is 0. The smallest absolute Gasteiger partial charge is 0.185 e. The average molecular weight is 250 g/mol. The van der Waals surface area contributed by atoms with Gasteiger partial charge in [0.05, 0.1) is 0 Å². The zero-order chi connectivity index (χ0) is 13.7. The Morgan fingerprint density at radius 2 is 1.84 bits per heavy atom. The number of ketones is 1. The normalized spacial score (nSPS) is 10.8. The topological polar surface area (TPSA) is 17.1 Å². The maximum absolute atomic E-state index is 12.0. The second-order valence-corrected chi connectivity index (χ2v) is 4.60. The van der Waals surface area contributed by atoms with Crippen molar-refractivity contribution in [3.63, 3.8) is 0 Å². The van der Waals surface area contributed by atoms with Crippen LogP contribution in [-0.4, -0.2) is 5.78 Å². The van der Waals surface area contributed by atoms with Gasteiger partial charge < -0.3 is 0 Å². The predicted octanol–water partition coefficient (Wildman–Crippen LogP) is 4.45. The van der Waals surface area contributed by atoms with E-state index in [1.54, 1.807) is 6.08 Å². The molecule has 0 saturated heterocycles. The standard InChI is InChI=1S/C18H18O/c1-3-16-13-15(10-9-14(16)2)11-12-18(19)17-7-5-4-6-8-17/h4-13H,3H2,1-2H3. The molecule has 2 aromatic rings. The van der Waals surface area contributed by atoms with Crippen LogP contribution in [0.15, 0.2) is 54.6 Å². The molecule has 0 unspecified atom stereocenters. The van der Waals surface area contributed by atoms with Crippen molar-refractivity contribution in [3.8, 4) is 0 Å². The monoisotopic (exact) mass is 250 g/mol. The number of hydrogen-bond acceptors (Lipinski definition) is 1. The van der Waals surface area contributed by atoms with Crippen molar-refractivity contribution < 1.29 is 4.79 Å². The number of aryl methyl sites for hydroxylation is 2. The predicted molar refractivity (Wildman–Crippen MR) is 80.4 cm³/mol. The first-order valence-corrected chi connectivity index (χ1v) is 6.57. The molecule has 0 spiro atoms. The van der Waals surface area contributed by atoms with Crippen LogP contribution in [0.3, 0.4) is 0 Å². The second-order valence-electron chi connectivity index (χ2n) is 4.60. The van der Waals surface area contributed by atoms with E-state index in [0.29, 0.717) is 0 Å². The third-order valence-corrected chi connectivity index (χ3v) is 3.24. The fraction of sp³-hybridized carbons (Fsp3) is 0.167. The van der Waals surface area contributed by atoms with Gasteiger partial charge in [0.1, 0.15) is 0 Å². The van der Waals surface area contributed by atoms with Crippen molar-refractivity contribution in [2.24, 2.45) is 0 Å². The Kier molecular flexibility index (Phi) is 4.30. The Bertz CT molecular complexity index is 594. The maximum atomic E-state index is 12.0. The Morgan fingerprint density at radius 3 is 2.53 bits per heavy atom. The fourth-order valence-corrected chi connectivity index (χ4v) is 2.05. The van der Waals surface area contributed by atoms with Crippen LogP contribution >= 0.6 is 0 Å². The van der Waals surface area contributed by atoms with Crippen molar-refractivity contribution in [1.82, 2.24) is 0 Å². The summed E-state index contributed by atoms with van der Waals surface area (Å²) in [5.74, 6) is 0.0409. The third-order valence-electron chi connectivity index (χ3n) is 3.24. The average Bonchev–Trinajstić information content (AvgIpc) is 2.47. The van der Waals surface area contributed by atoms with Crippen LogP contribution in [0.25, 0.3) is 6.08 Å². The quantitative estimate of drug-likeness (QED) is 0.578. The minimum Gasteiger partial charge on any atom is -0.289 e. The Morgan fingerprint density at radius 1 is 1.11 bits per heavy atom. The fourth-order valence-electron chi connectivity index (χ4n) is 2.05. The lowest BCUT2D eigenvalue weighted by molar-refractivity contribution is 0.104. The van der Waals surface area contributed by atoms with Crippen LogP contribution < -0.4 is 0 Å². The Hall–Kier alpha value is -2.15. The number of carbonyl (C=O) groups is 1. The summed E-state index contributed by atoms with van der Waals surface area (Å²) in [6, 6.07) is 15.6. The largest absolute Gasteiger partial charge is 0.289 e. The molecule has 0 bridgehead atoms. The molecule has 0 radical (unpaired) electrons. The first kappa shape index (κ1) is 13.3. The molecule has 19 heavy (non-hydrogen) atoms. The van der Waals surface area contributed by atoms with E-state index in [-0.39, 0.29) is 5.78 Å². The molecule has 0 aliphatic carbocycles. The van der Waals surface area contributed by atoms with Gasteiger partial charge in [-0.2, -0.15) is 0 Å². The summed E-state index contributed by atoms with van der Waals surface area (Å²) in [5.41, 5.74) is 4.43. The SMILES string of the molecule is CCc1cc(C=CC(=O)c2ccccc2)ccc1C. The van der Waals surface area contributed by atoms with Crippen molar-refractivity contribution in [2.75, 3.05) is 0 Å². The summed E-state index contributed by atoms with van der Waals surface area (Å²) in [6.45, 7) is 4.26. The molecule has 2 aromatic carbocycles. The highest BCUT2D eigenvalue weighted by atomic mass is 16.1. The van der Waals surface area contributed by atoms with E-state index >= 15 is 0 Å². The summed E-state index contributed by atoms with van der Waals surface area (Å²) in [5, 5.41) is 0. The molecule has 0 amide bonds. The number of carbonyl (C=O) groups excluding carboxylic acids is 1. The van der Waals surface area contributed by atoms with E-state index in [9.17, 15) is 4.79 Å². The highest BCUT2D eigenvalue weighted by molar-refractivity contribution is 6.06. The zero-order valence-corrected chi connectivity index (χ0v) is 11.4. The lowest BCUT2D eigenvalue weighted by Crippen LogP contribution is -1.93. The van der Waals surface area contributed by atoms with Gasteiger partial charge in [0.15, 0.2) is 5.78 Å². The Labute approximate surface area is 114 Å². The number of allylic oxidation sites excluding steroid dienone is 1. The van der Waals surface area contributed by atoms with Crippen LogP contribution in [0.2, 0.25) is 0 Å². The minimum atomic E-state index is 0.0409. The molecule has 0 heterocycles. The van der Waals surface area contributed by atoms with E-state index in [1.165, 1.54) is 11.1 Å². The van der Waals surface area contributed by atoms with Gasteiger partial charge in [0, 0.05) is 5.56 Å². The van der Waals surface area contributed by atoms with Crippen LogP contribution in [0.1, 0.15) is 34.0 Å². The molecule has 96 valence electrons. The highest BCUT2D eigenvalue weighted by Gasteiger charge is 2.00. The van der Waals surface area contributed by atoms with Crippen LogP contribution in [-0.2, 0) is 6.42 Å². The molecule has 0 fully saturated rings. The van der Waals surface area contributed by atoms with Gasteiger partial charge in [0.25, 0.3) is 0 Å². The van der Waals surface area contributed by atoms with Gasteiger partial charge in [-0.25, -0.2) is 0 Å². The molecule has 0 atom stereocenters. The summed E-state index contributed by atoms with van der Waals surface area (Å²) < 4.78 is 0. The summed E-state index contributed by atoms with van der Waals surface area (Å²) in [6.07, 6.45) is 4.54. The second kappa shape index (κ2) is 6.14. The highest BCUT2D eigenvalue weighted by Crippen LogP contribution is 2.13. The first-order chi connectivity index (χ1) is 9.20. The lowest BCUT2D eigenvalue weighted by Gasteiger charge is -2.03. The van der Waals surface area contributed by atoms with Gasteiger partial charge in [-0.1, -0.05) is 61.5 Å². The van der Waals surface area contributed by atoms with Crippen LogP contribution in [0.4, 0.5) is 0 Å². The maximum Gasteiger partial charge on any atom is 0.185 e. The number of hydrogen-bond donors (Lipinski definition) is 0. The molecule has 0 aliphatic rings. The van der Waals surface area contributed by atoms with E-state index in [4.69, 9.17) is 0 Å². The number of rotatable bonds is 4. The summed E-state index contributed by atoms with van der Waals surface area (Å²) >= 11 is 0. The lowest BCUT2D eigenvalue weighted by atomic mass is 10.0. The van der Waals surface area contributed by atoms with Gasteiger partial charge in [-0.05, 0) is 36.1 Å². The molecule has 1 nitrogen and oxygen atoms in total. The minimum absolute atomic E-state index is 0.0409. The summed E-state index contributed by atoms with van der Waals surface area (Å²) in [4.78, 5) is 12.0. The van der Waals surface area contributed by atoms with Gasteiger partial charge in [-0.15, -0.1) is 0 Å². The molecule has 1 heteroatoms. The van der Waals surface area contributed by atoms with E-state index in [1.807, 2.05) is 42.5 Å².